The smallest absolute Gasteiger partial charge is 0.262 e. The summed E-state index contributed by atoms with van der Waals surface area (Å²) in [4.78, 5) is 19.6. The highest BCUT2D eigenvalue weighted by molar-refractivity contribution is 7.18. The Morgan fingerprint density at radius 1 is 1.33 bits per heavy atom. The number of rotatable bonds is 3. The first-order valence-corrected chi connectivity index (χ1v) is 8.57. The molecule has 4 nitrogen and oxygen atoms in total. The molecule has 0 saturated carbocycles. The molecule has 5 heteroatoms. The summed E-state index contributed by atoms with van der Waals surface area (Å²) in [7, 11) is 0. The van der Waals surface area contributed by atoms with Gasteiger partial charge in [-0.25, -0.2) is 4.98 Å². The fourth-order valence-electron chi connectivity index (χ4n) is 3.19. The highest BCUT2D eigenvalue weighted by atomic mass is 32.1. The van der Waals surface area contributed by atoms with Gasteiger partial charge in [0.2, 0.25) is 0 Å². The van der Waals surface area contributed by atoms with Crippen molar-refractivity contribution in [3.8, 4) is 0 Å². The van der Waals surface area contributed by atoms with Gasteiger partial charge < -0.3 is 5.11 Å². The van der Waals surface area contributed by atoms with Crippen molar-refractivity contribution in [3.63, 3.8) is 0 Å². The summed E-state index contributed by atoms with van der Waals surface area (Å²) < 4.78 is 1.63. The molecule has 0 amide bonds. The van der Waals surface area contributed by atoms with Gasteiger partial charge in [0.05, 0.1) is 24.4 Å². The first-order valence-electron chi connectivity index (χ1n) is 7.75. The fourth-order valence-corrected chi connectivity index (χ4v) is 4.41. The molecule has 2 aromatic rings. The normalized spacial score (nSPS) is 17.0. The van der Waals surface area contributed by atoms with Crippen LogP contribution >= 0.6 is 11.3 Å². The van der Waals surface area contributed by atoms with Crippen molar-refractivity contribution in [2.24, 2.45) is 5.92 Å². The lowest BCUT2D eigenvalue weighted by Crippen LogP contribution is -2.30. The molecule has 0 unspecified atom stereocenters. The predicted molar refractivity (Wildman–Crippen MR) is 86.1 cm³/mol. The van der Waals surface area contributed by atoms with Crippen LogP contribution in [-0.2, 0) is 12.8 Å². The van der Waals surface area contributed by atoms with E-state index in [4.69, 9.17) is 0 Å². The van der Waals surface area contributed by atoms with Gasteiger partial charge in [0, 0.05) is 4.88 Å². The van der Waals surface area contributed by atoms with Gasteiger partial charge in [0.15, 0.2) is 0 Å². The zero-order valence-corrected chi connectivity index (χ0v) is 13.4. The standard InChI is InChI=1S/C16H22N2O2S/c1-10(2)12(8-19)18-9-17-15-14(16(18)20)11-6-4-3-5-7-13(11)21-15/h9-10,12,19H,3-8H2,1-2H3/t12-/m0/s1. The Bertz CT molecular complexity index is 702. The van der Waals surface area contributed by atoms with Crippen LogP contribution in [0.1, 0.15) is 49.6 Å². The highest BCUT2D eigenvalue weighted by Crippen LogP contribution is 2.33. The number of thiophene rings is 1. The maximum Gasteiger partial charge on any atom is 0.262 e. The zero-order chi connectivity index (χ0) is 15.0. The lowest BCUT2D eigenvalue weighted by Gasteiger charge is -2.20. The fraction of sp³-hybridized carbons (Fsp3) is 0.625. The van der Waals surface area contributed by atoms with Crippen molar-refractivity contribution in [2.45, 2.75) is 52.0 Å². The minimum atomic E-state index is -0.198. The second kappa shape index (κ2) is 5.89. The first-order chi connectivity index (χ1) is 10.1. The average molecular weight is 306 g/mol. The molecule has 2 heterocycles. The van der Waals surface area contributed by atoms with Crippen molar-refractivity contribution in [2.75, 3.05) is 6.61 Å². The summed E-state index contributed by atoms with van der Waals surface area (Å²) in [6.45, 7) is 4.01. The van der Waals surface area contributed by atoms with E-state index in [9.17, 15) is 9.90 Å². The molecule has 0 aromatic carbocycles. The third kappa shape index (κ3) is 2.53. The molecule has 1 N–H and O–H groups in total. The molecule has 3 rings (SSSR count). The predicted octanol–water partition coefficient (Wildman–Crippen LogP) is 2.92. The van der Waals surface area contributed by atoms with E-state index in [1.807, 2.05) is 13.8 Å². The Kier molecular flexibility index (Phi) is 4.13. The summed E-state index contributed by atoms with van der Waals surface area (Å²) >= 11 is 1.68. The zero-order valence-electron chi connectivity index (χ0n) is 12.6. The van der Waals surface area contributed by atoms with E-state index in [1.165, 1.54) is 23.3 Å². The van der Waals surface area contributed by atoms with Gasteiger partial charge in [-0.3, -0.25) is 9.36 Å². The number of aliphatic hydroxyl groups excluding tert-OH is 1. The summed E-state index contributed by atoms with van der Waals surface area (Å²) in [5.41, 5.74) is 1.24. The molecule has 114 valence electrons. The van der Waals surface area contributed by atoms with Crippen LogP contribution in [0.2, 0.25) is 0 Å². The monoisotopic (exact) mass is 306 g/mol. The van der Waals surface area contributed by atoms with Gasteiger partial charge >= 0.3 is 0 Å². The van der Waals surface area contributed by atoms with Crippen LogP contribution in [0.15, 0.2) is 11.1 Å². The van der Waals surface area contributed by atoms with E-state index in [0.717, 1.165) is 29.5 Å². The first kappa shape index (κ1) is 14.7. The van der Waals surface area contributed by atoms with Crippen LogP contribution in [0.25, 0.3) is 10.2 Å². The molecule has 0 fully saturated rings. The number of hydrogen-bond donors (Lipinski definition) is 1. The van der Waals surface area contributed by atoms with E-state index in [0.29, 0.717) is 0 Å². The Labute approximate surface area is 128 Å². The summed E-state index contributed by atoms with van der Waals surface area (Å²) in [6, 6.07) is -0.198. The number of aromatic nitrogens is 2. The lowest BCUT2D eigenvalue weighted by molar-refractivity contribution is 0.189. The largest absolute Gasteiger partial charge is 0.394 e. The lowest BCUT2D eigenvalue weighted by atomic mass is 10.0. The molecule has 1 aliphatic rings. The number of hydrogen-bond acceptors (Lipinski definition) is 4. The van der Waals surface area contributed by atoms with Crippen LogP contribution in [0.5, 0.6) is 0 Å². The molecular weight excluding hydrogens is 284 g/mol. The average Bonchev–Trinajstić information content (AvgIpc) is 2.65. The van der Waals surface area contributed by atoms with E-state index >= 15 is 0 Å². The van der Waals surface area contributed by atoms with Crippen LogP contribution in [0.4, 0.5) is 0 Å². The van der Waals surface area contributed by atoms with Crippen LogP contribution in [0, 0.1) is 5.92 Å². The van der Waals surface area contributed by atoms with Crippen molar-refractivity contribution in [1.82, 2.24) is 9.55 Å². The molecule has 0 bridgehead atoms. The van der Waals surface area contributed by atoms with E-state index < -0.39 is 0 Å². The topological polar surface area (TPSA) is 55.1 Å². The van der Waals surface area contributed by atoms with Gasteiger partial charge in [0.25, 0.3) is 5.56 Å². The Balaban J connectivity index is 2.20. The minimum Gasteiger partial charge on any atom is -0.394 e. The van der Waals surface area contributed by atoms with E-state index in [1.54, 1.807) is 22.2 Å². The van der Waals surface area contributed by atoms with E-state index in [2.05, 4.69) is 4.98 Å². The van der Waals surface area contributed by atoms with Crippen LogP contribution in [0.3, 0.4) is 0 Å². The van der Waals surface area contributed by atoms with Crippen molar-refractivity contribution >= 4 is 21.6 Å². The van der Waals surface area contributed by atoms with Gasteiger partial charge in [-0.05, 0) is 37.2 Å². The van der Waals surface area contributed by atoms with Crippen LogP contribution < -0.4 is 5.56 Å². The third-order valence-electron chi connectivity index (χ3n) is 4.46. The minimum absolute atomic E-state index is 0.0205. The maximum atomic E-state index is 12.9. The van der Waals surface area contributed by atoms with Gasteiger partial charge in [0.1, 0.15) is 4.83 Å². The van der Waals surface area contributed by atoms with Crippen molar-refractivity contribution < 1.29 is 5.11 Å². The number of aryl methyl sites for hydroxylation is 2. The molecule has 0 radical (unpaired) electrons. The highest BCUT2D eigenvalue weighted by Gasteiger charge is 2.22. The number of aliphatic hydroxyl groups is 1. The van der Waals surface area contributed by atoms with Crippen molar-refractivity contribution in [1.29, 1.82) is 0 Å². The van der Waals surface area contributed by atoms with Gasteiger partial charge in [-0.1, -0.05) is 20.3 Å². The second-order valence-electron chi connectivity index (χ2n) is 6.20. The number of nitrogens with zero attached hydrogens (tertiary/aromatic N) is 2. The molecular formula is C16H22N2O2S. The Morgan fingerprint density at radius 2 is 2.10 bits per heavy atom. The maximum absolute atomic E-state index is 12.9. The SMILES string of the molecule is CC(C)[C@H](CO)n1cnc2sc3c(c2c1=O)CCCCC3. The quantitative estimate of drug-likeness (QED) is 0.887. The van der Waals surface area contributed by atoms with Gasteiger partial charge in [-0.2, -0.15) is 0 Å². The molecule has 1 aliphatic carbocycles. The van der Waals surface area contributed by atoms with Gasteiger partial charge in [-0.15, -0.1) is 11.3 Å². The Morgan fingerprint density at radius 3 is 2.81 bits per heavy atom. The molecule has 0 spiro atoms. The Hall–Kier alpha value is -1.20. The summed E-state index contributed by atoms with van der Waals surface area (Å²) in [5.74, 6) is 0.198. The molecule has 2 aromatic heterocycles. The van der Waals surface area contributed by atoms with Crippen LogP contribution in [-0.4, -0.2) is 21.3 Å². The van der Waals surface area contributed by atoms with Crippen molar-refractivity contribution in [3.05, 3.63) is 27.1 Å². The molecule has 0 aliphatic heterocycles. The number of fused-ring (bicyclic) bond motifs is 3. The summed E-state index contributed by atoms with van der Waals surface area (Å²) in [5, 5.41) is 10.4. The molecule has 21 heavy (non-hydrogen) atoms. The molecule has 0 saturated heterocycles. The second-order valence-corrected chi connectivity index (χ2v) is 7.28. The third-order valence-corrected chi connectivity index (χ3v) is 5.66. The molecule has 1 atom stereocenters. The summed E-state index contributed by atoms with van der Waals surface area (Å²) in [6.07, 6.45) is 7.27. The van der Waals surface area contributed by atoms with E-state index in [-0.39, 0.29) is 24.1 Å².